The predicted octanol–water partition coefficient (Wildman–Crippen LogP) is 3.36. The molecule has 0 aromatic rings. The molecular weight excluding hydrogens is 410 g/mol. The first kappa shape index (κ1) is 29.9. The number of carbonyl (C=O) groups excluding carboxylic acids is 4. The highest BCUT2D eigenvalue weighted by Crippen LogP contribution is 2.12. The van der Waals surface area contributed by atoms with Crippen molar-refractivity contribution >= 4 is 23.7 Å². The lowest BCUT2D eigenvalue weighted by molar-refractivity contribution is -0.145. The fourth-order valence-electron chi connectivity index (χ4n) is 3.48. The Hall–Kier alpha value is -2.12. The Morgan fingerprint density at radius 3 is 1.91 bits per heavy atom. The zero-order valence-corrected chi connectivity index (χ0v) is 20.4. The molecule has 4 N–H and O–H groups in total. The quantitative estimate of drug-likeness (QED) is 0.192. The molecule has 0 radical (unpaired) electrons. The third-order valence-electron chi connectivity index (χ3n) is 5.54. The number of nitrogens with one attached hydrogen (secondary N) is 2. The molecule has 8 heteroatoms. The first-order valence-corrected chi connectivity index (χ1v) is 12.2. The smallest absolute Gasteiger partial charge is 0.308 e. The maximum atomic E-state index is 12.3. The van der Waals surface area contributed by atoms with Crippen molar-refractivity contribution in [3.8, 4) is 0 Å². The van der Waals surface area contributed by atoms with E-state index in [9.17, 15) is 19.2 Å². The molecule has 0 saturated carbocycles. The van der Waals surface area contributed by atoms with Crippen molar-refractivity contribution in [3.63, 3.8) is 0 Å². The number of amides is 3. The maximum Gasteiger partial charge on any atom is 0.308 e. The van der Waals surface area contributed by atoms with Crippen LogP contribution < -0.4 is 16.4 Å². The third-order valence-corrected chi connectivity index (χ3v) is 5.54. The van der Waals surface area contributed by atoms with Gasteiger partial charge >= 0.3 is 5.97 Å². The van der Waals surface area contributed by atoms with Gasteiger partial charge in [0.2, 0.25) is 17.7 Å². The Morgan fingerprint density at radius 1 is 0.875 bits per heavy atom. The molecule has 0 aliphatic carbocycles. The van der Waals surface area contributed by atoms with Crippen LogP contribution in [0.25, 0.3) is 0 Å². The minimum Gasteiger partial charge on any atom is -0.469 e. The minimum atomic E-state index is -0.999. The minimum absolute atomic E-state index is 0.235. The van der Waals surface area contributed by atoms with E-state index in [0.29, 0.717) is 12.8 Å². The first-order valence-electron chi connectivity index (χ1n) is 12.2. The summed E-state index contributed by atoms with van der Waals surface area (Å²) in [5.41, 5.74) is 5.22. The van der Waals surface area contributed by atoms with Gasteiger partial charge in [0, 0.05) is 13.0 Å². The van der Waals surface area contributed by atoms with Crippen LogP contribution in [0.1, 0.15) is 104 Å². The van der Waals surface area contributed by atoms with Gasteiger partial charge in [-0.05, 0) is 12.8 Å². The van der Waals surface area contributed by atoms with Crippen LogP contribution in [-0.2, 0) is 23.9 Å². The second-order valence-corrected chi connectivity index (χ2v) is 8.58. The van der Waals surface area contributed by atoms with E-state index in [4.69, 9.17) is 5.73 Å². The Kier molecular flexibility index (Phi) is 18.3. The van der Waals surface area contributed by atoms with Gasteiger partial charge in [-0.3, -0.25) is 19.2 Å². The van der Waals surface area contributed by atoms with E-state index in [-0.39, 0.29) is 30.8 Å². The molecular formula is C24H45N3O5. The van der Waals surface area contributed by atoms with Gasteiger partial charge in [0.25, 0.3) is 0 Å². The van der Waals surface area contributed by atoms with Gasteiger partial charge in [-0.15, -0.1) is 0 Å². The summed E-state index contributed by atoms with van der Waals surface area (Å²) in [6.07, 6.45) is 13.6. The molecule has 0 spiro atoms. The summed E-state index contributed by atoms with van der Waals surface area (Å²) in [5.74, 6) is -2.11. The Labute approximate surface area is 193 Å². The maximum absolute atomic E-state index is 12.3. The van der Waals surface area contributed by atoms with Crippen LogP contribution in [0.3, 0.4) is 0 Å². The summed E-state index contributed by atoms with van der Waals surface area (Å²) in [5, 5.41) is 5.26. The van der Waals surface area contributed by atoms with Crippen LogP contribution in [0.15, 0.2) is 0 Å². The van der Waals surface area contributed by atoms with E-state index in [0.717, 1.165) is 19.3 Å². The number of hydrogen-bond donors (Lipinski definition) is 3. The normalized spacial score (nSPS) is 12.6. The molecule has 0 aromatic carbocycles. The lowest BCUT2D eigenvalue weighted by atomic mass is 10.0. The van der Waals surface area contributed by atoms with Gasteiger partial charge in [-0.25, -0.2) is 0 Å². The van der Waals surface area contributed by atoms with Crippen molar-refractivity contribution in [2.75, 3.05) is 13.7 Å². The van der Waals surface area contributed by atoms with Crippen molar-refractivity contribution in [3.05, 3.63) is 0 Å². The number of ether oxygens (including phenoxy) is 1. The second-order valence-electron chi connectivity index (χ2n) is 8.58. The SMILES string of the molecule is CCCCCCCCCCCCCC(=O)N[C@H](CC(N)=O)C(=O)NCC[C@@H](C)C(=O)OC. The van der Waals surface area contributed by atoms with Crippen LogP contribution in [0.5, 0.6) is 0 Å². The number of methoxy groups -OCH3 is 1. The molecule has 186 valence electrons. The summed E-state index contributed by atoms with van der Waals surface area (Å²) in [6.45, 7) is 4.16. The summed E-state index contributed by atoms with van der Waals surface area (Å²) in [6, 6.07) is -0.999. The molecule has 0 heterocycles. The zero-order valence-electron chi connectivity index (χ0n) is 20.4. The number of primary amides is 1. The number of esters is 1. The standard InChI is InChI=1S/C24H45N3O5/c1-4-5-6-7-8-9-10-11-12-13-14-15-22(29)27-20(18-21(25)28)23(30)26-17-16-19(2)24(31)32-3/h19-20H,4-18H2,1-3H3,(H2,25,28)(H,26,30)(H,27,29)/t19-,20-/m1/s1. The first-order chi connectivity index (χ1) is 15.3. The Bertz CT molecular complexity index is 554. The van der Waals surface area contributed by atoms with E-state index in [1.54, 1.807) is 6.92 Å². The van der Waals surface area contributed by atoms with Crippen molar-refractivity contribution in [1.82, 2.24) is 10.6 Å². The summed E-state index contributed by atoms with van der Waals surface area (Å²) in [7, 11) is 1.31. The van der Waals surface area contributed by atoms with E-state index in [1.807, 2.05) is 0 Å². The number of carbonyl (C=O) groups is 4. The van der Waals surface area contributed by atoms with Gasteiger partial charge in [0.05, 0.1) is 19.4 Å². The number of nitrogens with two attached hydrogens (primary N) is 1. The van der Waals surface area contributed by atoms with Gasteiger partial charge in [0.15, 0.2) is 0 Å². The topological polar surface area (TPSA) is 128 Å². The number of hydrogen-bond acceptors (Lipinski definition) is 5. The number of rotatable bonds is 20. The molecule has 0 aliphatic rings. The third kappa shape index (κ3) is 16.6. The molecule has 0 aliphatic heterocycles. The van der Waals surface area contributed by atoms with Gasteiger partial charge in [0.1, 0.15) is 6.04 Å². The summed E-state index contributed by atoms with van der Waals surface area (Å²) < 4.78 is 4.64. The highest BCUT2D eigenvalue weighted by Gasteiger charge is 2.23. The Balaban J connectivity index is 4.06. The van der Waals surface area contributed by atoms with E-state index >= 15 is 0 Å². The number of unbranched alkanes of at least 4 members (excludes halogenated alkanes) is 10. The predicted molar refractivity (Wildman–Crippen MR) is 126 cm³/mol. The van der Waals surface area contributed by atoms with Crippen molar-refractivity contribution < 1.29 is 23.9 Å². The molecule has 2 atom stereocenters. The molecule has 32 heavy (non-hydrogen) atoms. The highest BCUT2D eigenvalue weighted by molar-refractivity contribution is 5.91. The lowest BCUT2D eigenvalue weighted by Gasteiger charge is -2.18. The van der Waals surface area contributed by atoms with Crippen molar-refractivity contribution in [1.29, 1.82) is 0 Å². The van der Waals surface area contributed by atoms with Gasteiger partial charge in [-0.1, -0.05) is 78.1 Å². The largest absolute Gasteiger partial charge is 0.469 e. The summed E-state index contributed by atoms with van der Waals surface area (Å²) >= 11 is 0. The molecule has 0 saturated heterocycles. The van der Waals surface area contributed by atoms with Crippen LogP contribution in [0.4, 0.5) is 0 Å². The fraction of sp³-hybridized carbons (Fsp3) is 0.833. The molecule has 8 nitrogen and oxygen atoms in total. The molecule has 0 rings (SSSR count). The van der Waals surface area contributed by atoms with Crippen LogP contribution >= 0.6 is 0 Å². The van der Waals surface area contributed by atoms with Crippen LogP contribution in [-0.4, -0.2) is 43.4 Å². The monoisotopic (exact) mass is 455 g/mol. The van der Waals surface area contributed by atoms with Gasteiger partial charge < -0.3 is 21.1 Å². The Morgan fingerprint density at radius 2 is 1.41 bits per heavy atom. The van der Waals surface area contributed by atoms with E-state index in [1.165, 1.54) is 58.5 Å². The van der Waals surface area contributed by atoms with Crippen LogP contribution in [0, 0.1) is 5.92 Å². The molecule has 0 aromatic heterocycles. The highest BCUT2D eigenvalue weighted by atomic mass is 16.5. The van der Waals surface area contributed by atoms with E-state index < -0.39 is 17.9 Å². The van der Waals surface area contributed by atoms with Gasteiger partial charge in [-0.2, -0.15) is 0 Å². The van der Waals surface area contributed by atoms with Crippen molar-refractivity contribution in [2.24, 2.45) is 11.7 Å². The average molecular weight is 456 g/mol. The molecule has 0 fully saturated rings. The summed E-state index contributed by atoms with van der Waals surface area (Å²) in [4.78, 5) is 47.3. The van der Waals surface area contributed by atoms with E-state index in [2.05, 4.69) is 22.3 Å². The van der Waals surface area contributed by atoms with Crippen molar-refractivity contribution in [2.45, 2.75) is 110 Å². The average Bonchev–Trinajstić information content (AvgIpc) is 2.75. The zero-order chi connectivity index (χ0) is 24.2. The lowest BCUT2D eigenvalue weighted by Crippen LogP contribution is -2.49. The molecule has 3 amide bonds. The molecule has 0 unspecified atom stereocenters. The van der Waals surface area contributed by atoms with Crippen LogP contribution in [0.2, 0.25) is 0 Å². The molecule has 0 bridgehead atoms. The second kappa shape index (κ2) is 19.6. The fourth-order valence-corrected chi connectivity index (χ4v) is 3.48.